The monoisotopic (exact) mass is 288 g/mol. The van der Waals surface area contributed by atoms with E-state index in [2.05, 4.69) is 18.7 Å². The van der Waals surface area contributed by atoms with E-state index in [4.69, 9.17) is 4.74 Å². The van der Waals surface area contributed by atoms with E-state index in [1.807, 2.05) is 11.0 Å². The summed E-state index contributed by atoms with van der Waals surface area (Å²) in [5, 5.41) is 0. The van der Waals surface area contributed by atoms with E-state index in [1.54, 1.807) is 12.1 Å². The number of piperidine rings is 1. The van der Waals surface area contributed by atoms with Crippen molar-refractivity contribution in [3.63, 3.8) is 0 Å². The van der Waals surface area contributed by atoms with Gasteiger partial charge in [-0.05, 0) is 44.9 Å². The largest absolute Gasteiger partial charge is 0.465 e. The van der Waals surface area contributed by atoms with Crippen molar-refractivity contribution in [2.75, 3.05) is 23.5 Å². The van der Waals surface area contributed by atoms with Gasteiger partial charge in [0, 0.05) is 13.0 Å². The number of amides is 1. The van der Waals surface area contributed by atoms with Gasteiger partial charge in [0.2, 0.25) is 5.91 Å². The van der Waals surface area contributed by atoms with Crippen LogP contribution in [0.3, 0.4) is 0 Å². The van der Waals surface area contributed by atoms with Crippen molar-refractivity contribution in [1.29, 1.82) is 0 Å². The predicted octanol–water partition coefficient (Wildman–Crippen LogP) is 2.55. The van der Waals surface area contributed by atoms with Crippen molar-refractivity contribution >= 4 is 23.3 Å². The lowest BCUT2D eigenvalue weighted by Crippen LogP contribution is -2.59. The molecule has 3 rings (SSSR count). The molecule has 0 saturated carbocycles. The SMILES string of the molecule is CCN1c2ccc(C(=O)OC)cc2N2C(=O)CCCC12C. The first-order valence-corrected chi connectivity index (χ1v) is 7.36. The summed E-state index contributed by atoms with van der Waals surface area (Å²) < 4.78 is 4.78. The van der Waals surface area contributed by atoms with Gasteiger partial charge < -0.3 is 9.64 Å². The van der Waals surface area contributed by atoms with Crippen LogP contribution in [0.4, 0.5) is 11.4 Å². The molecule has 0 aromatic heterocycles. The van der Waals surface area contributed by atoms with E-state index in [0.29, 0.717) is 12.0 Å². The number of hydrogen-bond donors (Lipinski definition) is 0. The number of methoxy groups -OCH3 is 1. The van der Waals surface area contributed by atoms with E-state index in [-0.39, 0.29) is 17.5 Å². The van der Waals surface area contributed by atoms with Crippen molar-refractivity contribution in [2.45, 2.75) is 38.8 Å². The first-order chi connectivity index (χ1) is 10.0. The topological polar surface area (TPSA) is 49.9 Å². The Labute approximate surface area is 124 Å². The molecule has 21 heavy (non-hydrogen) atoms. The van der Waals surface area contributed by atoms with Crippen LogP contribution >= 0.6 is 0 Å². The van der Waals surface area contributed by atoms with Crippen LogP contribution in [0.15, 0.2) is 18.2 Å². The highest BCUT2D eigenvalue weighted by atomic mass is 16.5. The highest BCUT2D eigenvalue weighted by Gasteiger charge is 2.50. The zero-order valence-corrected chi connectivity index (χ0v) is 12.7. The fraction of sp³-hybridized carbons (Fsp3) is 0.500. The lowest BCUT2D eigenvalue weighted by molar-refractivity contribution is -0.121. The molecule has 0 bridgehead atoms. The molecule has 1 unspecified atom stereocenters. The Morgan fingerprint density at radius 3 is 2.81 bits per heavy atom. The number of carbonyl (C=O) groups excluding carboxylic acids is 2. The summed E-state index contributed by atoms with van der Waals surface area (Å²) in [4.78, 5) is 28.3. The van der Waals surface area contributed by atoms with Gasteiger partial charge in [0.15, 0.2) is 0 Å². The van der Waals surface area contributed by atoms with Gasteiger partial charge in [0.05, 0.1) is 24.0 Å². The molecule has 1 aromatic rings. The first-order valence-electron chi connectivity index (χ1n) is 7.36. The van der Waals surface area contributed by atoms with Gasteiger partial charge in [0.1, 0.15) is 5.66 Å². The molecule has 1 atom stereocenters. The van der Waals surface area contributed by atoms with E-state index >= 15 is 0 Å². The molecule has 112 valence electrons. The number of nitrogens with zero attached hydrogens (tertiary/aromatic N) is 2. The molecular formula is C16H20N2O3. The van der Waals surface area contributed by atoms with Gasteiger partial charge in [-0.1, -0.05) is 0 Å². The van der Waals surface area contributed by atoms with E-state index in [9.17, 15) is 9.59 Å². The minimum absolute atomic E-state index is 0.128. The third kappa shape index (κ3) is 1.83. The summed E-state index contributed by atoms with van der Waals surface area (Å²) in [7, 11) is 1.37. The number of fused-ring (bicyclic) bond motifs is 3. The Kier molecular flexibility index (Phi) is 3.15. The summed E-state index contributed by atoms with van der Waals surface area (Å²) in [6.07, 6.45) is 2.41. The maximum absolute atomic E-state index is 12.4. The fourth-order valence-corrected chi connectivity index (χ4v) is 3.66. The molecular weight excluding hydrogens is 268 g/mol. The lowest BCUT2D eigenvalue weighted by atomic mass is 9.96. The zero-order valence-electron chi connectivity index (χ0n) is 12.7. The number of benzene rings is 1. The maximum Gasteiger partial charge on any atom is 0.337 e. The highest BCUT2D eigenvalue weighted by molar-refractivity contribution is 6.04. The number of hydrogen-bond acceptors (Lipinski definition) is 4. The molecule has 1 fully saturated rings. The highest BCUT2D eigenvalue weighted by Crippen LogP contribution is 2.49. The average molecular weight is 288 g/mol. The third-order valence-corrected chi connectivity index (χ3v) is 4.60. The number of ether oxygens (including phenoxy) is 1. The van der Waals surface area contributed by atoms with Crippen LogP contribution < -0.4 is 9.80 Å². The Hall–Kier alpha value is -2.04. The molecule has 0 N–H and O–H groups in total. The number of esters is 1. The molecule has 1 aromatic carbocycles. The van der Waals surface area contributed by atoms with Gasteiger partial charge in [-0.3, -0.25) is 9.69 Å². The molecule has 1 amide bonds. The van der Waals surface area contributed by atoms with Crippen molar-refractivity contribution in [3.8, 4) is 0 Å². The van der Waals surface area contributed by atoms with E-state index in [1.165, 1.54) is 7.11 Å². The molecule has 0 radical (unpaired) electrons. The fourth-order valence-electron chi connectivity index (χ4n) is 3.66. The molecule has 0 spiro atoms. The minimum Gasteiger partial charge on any atom is -0.465 e. The van der Waals surface area contributed by atoms with Crippen LogP contribution in [0.2, 0.25) is 0 Å². The van der Waals surface area contributed by atoms with Crippen molar-refractivity contribution in [3.05, 3.63) is 23.8 Å². The summed E-state index contributed by atoms with van der Waals surface area (Å²) in [6, 6.07) is 5.46. The Morgan fingerprint density at radius 2 is 2.14 bits per heavy atom. The van der Waals surface area contributed by atoms with E-state index in [0.717, 1.165) is 30.8 Å². The smallest absolute Gasteiger partial charge is 0.337 e. The van der Waals surface area contributed by atoms with Gasteiger partial charge in [-0.25, -0.2) is 4.79 Å². The Morgan fingerprint density at radius 1 is 1.38 bits per heavy atom. The zero-order chi connectivity index (χ0) is 15.2. The summed E-state index contributed by atoms with van der Waals surface area (Å²) in [5.74, 6) is -0.248. The van der Waals surface area contributed by atoms with Crippen molar-refractivity contribution < 1.29 is 14.3 Å². The van der Waals surface area contributed by atoms with Crippen LogP contribution in [-0.2, 0) is 9.53 Å². The molecule has 2 aliphatic rings. The van der Waals surface area contributed by atoms with Crippen LogP contribution in [0.1, 0.15) is 43.5 Å². The van der Waals surface area contributed by atoms with Gasteiger partial charge in [-0.2, -0.15) is 0 Å². The maximum atomic E-state index is 12.4. The lowest BCUT2D eigenvalue weighted by Gasteiger charge is -2.44. The van der Waals surface area contributed by atoms with Gasteiger partial charge in [0.25, 0.3) is 0 Å². The van der Waals surface area contributed by atoms with Crippen LogP contribution in [0.25, 0.3) is 0 Å². The second-order valence-corrected chi connectivity index (χ2v) is 5.74. The molecule has 2 aliphatic heterocycles. The first kappa shape index (κ1) is 13.9. The molecule has 0 aliphatic carbocycles. The Bertz CT molecular complexity index is 614. The van der Waals surface area contributed by atoms with Crippen molar-refractivity contribution in [1.82, 2.24) is 0 Å². The van der Waals surface area contributed by atoms with Crippen LogP contribution in [0, 0.1) is 0 Å². The average Bonchev–Trinajstić information content (AvgIpc) is 2.74. The van der Waals surface area contributed by atoms with Crippen LogP contribution in [-0.4, -0.2) is 31.2 Å². The summed E-state index contributed by atoms with van der Waals surface area (Å²) in [5.41, 5.74) is 2.01. The van der Waals surface area contributed by atoms with E-state index < -0.39 is 0 Å². The normalized spacial score (nSPS) is 23.9. The van der Waals surface area contributed by atoms with Gasteiger partial charge in [-0.15, -0.1) is 0 Å². The molecule has 2 heterocycles. The molecule has 5 heteroatoms. The number of anilines is 2. The quantitative estimate of drug-likeness (QED) is 0.785. The molecule has 5 nitrogen and oxygen atoms in total. The van der Waals surface area contributed by atoms with Crippen LogP contribution in [0.5, 0.6) is 0 Å². The van der Waals surface area contributed by atoms with Crippen molar-refractivity contribution in [2.24, 2.45) is 0 Å². The molecule has 1 saturated heterocycles. The predicted molar refractivity (Wildman–Crippen MR) is 80.5 cm³/mol. The summed E-state index contributed by atoms with van der Waals surface area (Å²) >= 11 is 0. The second kappa shape index (κ2) is 4.76. The number of rotatable bonds is 2. The van der Waals surface area contributed by atoms with Gasteiger partial charge >= 0.3 is 5.97 Å². The third-order valence-electron chi connectivity index (χ3n) is 4.60. The second-order valence-electron chi connectivity index (χ2n) is 5.74. The minimum atomic E-state index is -0.376. The Balaban J connectivity index is 2.15. The number of carbonyl (C=O) groups is 2. The standard InChI is InChI=1S/C16H20N2O3/c1-4-17-12-8-7-11(15(20)21-3)10-13(12)18-14(19)6-5-9-16(17,18)2/h7-8,10H,4-6,9H2,1-3H3. The summed E-state index contributed by atoms with van der Waals surface area (Å²) in [6.45, 7) is 5.02.